The van der Waals surface area contributed by atoms with Crippen molar-refractivity contribution in [3.63, 3.8) is 0 Å². The highest BCUT2D eigenvalue weighted by molar-refractivity contribution is 9.10. The molecule has 0 amide bonds. The standard InChI is InChI=1S/C12H11BrClN3O3S/c1-20-11-3-2-7(4-9(11)13)17-21(18,19)8-5-10(14)12(15)16-6-8/h2-6,17H,1H3,(H2,15,16). The summed E-state index contributed by atoms with van der Waals surface area (Å²) in [4.78, 5) is 3.65. The number of nitrogens with zero attached hydrogens (tertiary/aromatic N) is 1. The quantitative estimate of drug-likeness (QED) is 0.834. The predicted octanol–water partition coefficient (Wildman–Crippen LogP) is 2.89. The van der Waals surface area contributed by atoms with Crippen LogP contribution in [-0.4, -0.2) is 20.5 Å². The minimum atomic E-state index is -3.80. The Balaban J connectivity index is 2.32. The van der Waals surface area contributed by atoms with Crippen molar-refractivity contribution >= 4 is 49.1 Å². The third-order valence-electron chi connectivity index (χ3n) is 2.56. The third-order valence-corrected chi connectivity index (χ3v) is 4.83. The summed E-state index contributed by atoms with van der Waals surface area (Å²) in [5.74, 6) is 0.665. The molecule has 2 aromatic rings. The van der Waals surface area contributed by atoms with E-state index in [1.807, 2.05) is 0 Å². The average Bonchev–Trinajstić information content (AvgIpc) is 2.41. The average molecular weight is 393 g/mol. The molecule has 0 unspecified atom stereocenters. The first-order valence-corrected chi connectivity index (χ1v) is 8.26. The zero-order valence-corrected chi connectivity index (χ0v) is 14.0. The van der Waals surface area contributed by atoms with E-state index >= 15 is 0 Å². The SMILES string of the molecule is COc1ccc(NS(=O)(=O)c2cnc(N)c(Cl)c2)cc1Br. The van der Waals surface area contributed by atoms with Gasteiger partial charge in [0.1, 0.15) is 16.5 Å². The predicted molar refractivity (Wildman–Crippen MR) is 85.2 cm³/mol. The van der Waals surface area contributed by atoms with Gasteiger partial charge in [0.25, 0.3) is 10.0 Å². The van der Waals surface area contributed by atoms with Crippen molar-refractivity contribution in [2.45, 2.75) is 4.90 Å². The van der Waals surface area contributed by atoms with Crippen LogP contribution in [0.15, 0.2) is 39.8 Å². The highest BCUT2D eigenvalue weighted by Gasteiger charge is 2.17. The largest absolute Gasteiger partial charge is 0.496 e. The fourth-order valence-corrected chi connectivity index (χ4v) is 3.31. The summed E-state index contributed by atoms with van der Waals surface area (Å²) in [7, 11) is -2.28. The summed E-state index contributed by atoms with van der Waals surface area (Å²) < 4.78 is 32.6. The maximum absolute atomic E-state index is 12.2. The van der Waals surface area contributed by atoms with Gasteiger partial charge in [-0.05, 0) is 40.2 Å². The van der Waals surface area contributed by atoms with Crippen molar-refractivity contribution in [2.24, 2.45) is 0 Å². The van der Waals surface area contributed by atoms with E-state index in [1.165, 1.54) is 13.2 Å². The van der Waals surface area contributed by atoms with Crippen LogP contribution in [0, 0.1) is 0 Å². The number of nitrogens with two attached hydrogens (primary N) is 1. The molecule has 0 radical (unpaired) electrons. The van der Waals surface area contributed by atoms with Gasteiger partial charge in [-0.3, -0.25) is 4.72 Å². The van der Waals surface area contributed by atoms with Crippen molar-refractivity contribution in [3.8, 4) is 5.75 Å². The van der Waals surface area contributed by atoms with Crippen molar-refractivity contribution in [3.05, 3.63) is 40.0 Å². The van der Waals surface area contributed by atoms with Gasteiger partial charge in [-0.15, -0.1) is 0 Å². The van der Waals surface area contributed by atoms with Crippen LogP contribution in [-0.2, 0) is 10.0 Å². The molecule has 3 N–H and O–H groups in total. The number of rotatable bonds is 4. The molecule has 0 atom stereocenters. The van der Waals surface area contributed by atoms with Crippen LogP contribution in [0.4, 0.5) is 11.5 Å². The Morgan fingerprint density at radius 3 is 2.67 bits per heavy atom. The molecule has 2 rings (SSSR count). The summed E-state index contributed by atoms with van der Waals surface area (Å²) in [6.45, 7) is 0. The molecule has 0 aliphatic heterocycles. The summed E-state index contributed by atoms with van der Waals surface area (Å²) >= 11 is 9.07. The molecule has 0 saturated heterocycles. The first kappa shape index (κ1) is 15.9. The van der Waals surface area contributed by atoms with Gasteiger partial charge in [0, 0.05) is 6.20 Å². The van der Waals surface area contributed by atoms with Crippen LogP contribution in [0.25, 0.3) is 0 Å². The maximum atomic E-state index is 12.2. The Morgan fingerprint density at radius 2 is 2.10 bits per heavy atom. The molecular weight excluding hydrogens is 382 g/mol. The first-order chi connectivity index (χ1) is 9.83. The Hall–Kier alpha value is -1.51. The van der Waals surface area contributed by atoms with Crippen molar-refractivity contribution in [1.29, 1.82) is 0 Å². The maximum Gasteiger partial charge on any atom is 0.263 e. The number of hydrogen-bond acceptors (Lipinski definition) is 5. The summed E-state index contributed by atoms with van der Waals surface area (Å²) in [6.07, 6.45) is 1.14. The van der Waals surface area contributed by atoms with Gasteiger partial charge in [0.15, 0.2) is 0 Å². The number of halogens is 2. The molecule has 6 nitrogen and oxygen atoms in total. The monoisotopic (exact) mass is 391 g/mol. The summed E-state index contributed by atoms with van der Waals surface area (Å²) in [5, 5.41) is 0.0776. The Morgan fingerprint density at radius 1 is 1.38 bits per heavy atom. The Labute approximate surface area is 135 Å². The molecule has 0 aliphatic rings. The second-order valence-electron chi connectivity index (χ2n) is 3.99. The highest BCUT2D eigenvalue weighted by atomic mass is 79.9. The van der Waals surface area contributed by atoms with E-state index in [4.69, 9.17) is 22.1 Å². The molecule has 112 valence electrons. The fourth-order valence-electron chi connectivity index (χ4n) is 1.52. The Kier molecular flexibility index (Phi) is 4.60. The van der Waals surface area contributed by atoms with Gasteiger partial charge in [-0.1, -0.05) is 11.6 Å². The molecule has 0 spiro atoms. The number of nitrogen functional groups attached to an aromatic ring is 1. The smallest absolute Gasteiger partial charge is 0.263 e. The first-order valence-electron chi connectivity index (χ1n) is 5.61. The number of methoxy groups -OCH3 is 1. The van der Waals surface area contributed by atoms with Gasteiger partial charge in [0.05, 0.1) is 22.3 Å². The highest BCUT2D eigenvalue weighted by Crippen LogP contribution is 2.29. The lowest BCUT2D eigenvalue weighted by Gasteiger charge is -2.10. The number of ether oxygens (including phenoxy) is 1. The van der Waals surface area contributed by atoms with E-state index in [2.05, 4.69) is 25.6 Å². The molecule has 9 heteroatoms. The lowest BCUT2D eigenvalue weighted by atomic mass is 10.3. The number of benzene rings is 1. The van der Waals surface area contributed by atoms with Crippen LogP contribution in [0.1, 0.15) is 0 Å². The summed E-state index contributed by atoms with van der Waals surface area (Å²) in [6, 6.07) is 6.04. The van der Waals surface area contributed by atoms with Gasteiger partial charge in [0.2, 0.25) is 0 Å². The molecule has 1 aromatic carbocycles. The normalized spacial score (nSPS) is 11.2. The molecule has 1 aromatic heterocycles. The minimum absolute atomic E-state index is 0.0720. The van der Waals surface area contributed by atoms with E-state index in [9.17, 15) is 8.42 Å². The number of pyridine rings is 1. The van der Waals surface area contributed by atoms with E-state index in [-0.39, 0.29) is 15.7 Å². The Bertz CT molecular complexity index is 783. The van der Waals surface area contributed by atoms with Gasteiger partial charge in [-0.25, -0.2) is 13.4 Å². The topological polar surface area (TPSA) is 94.3 Å². The third kappa shape index (κ3) is 3.58. The number of nitrogens with one attached hydrogen (secondary N) is 1. The van der Waals surface area contributed by atoms with E-state index in [1.54, 1.807) is 18.2 Å². The lowest BCUT2D eigenvalue weighted by molar-refractivity contribution is 0.412. The number of hydrogen-bond donors (Lipinski definition) is 2. The molecule has 21 heavy (non-hydrogen) atoms. The zero-order chi connectivity index (χ0) is 15.6. The van der Waals surface area contributed by atoms with Crippen molar-refractivity contribution < 1.29 is 13.2 Å². The molecular formula is C12H11BrClN3O3S. The van der Waals surface area contributed by atoms with Crippen LogP contribution >= 0.6 is 27.5 Å². The van der Waals surface area contributed by atoms with Crippen LogP contribution < -0.4 is 15.2 Å². The molecule has 0 saturated carbocycles. The van der Waals surface area contributed by atoms with Gasteiger partial charge in [-0.2, -0.15) is 0 Å². The van der Waals surface area contributed by atoms with E-state index in [0.717, 1.165) is 6.20 Å². The minimum Gasteiger partial charge on any atom is -0.496 e. The fraction of sp³-hybridized carbons (Fsp3) is 0.0833. The van der Waals surface area contributed by atoms with Crippen molar-refractivity contribution in [2.75, 3.05) is 17.6 Å². The van der Waals surface area contributed by atoms with Crippen LogP contribution in [0.2, 0.25) is 5.02 Å². The molecule has 0 fully saturated rings. The second kappa shape index (κ2) is 6.08. The lowest BCUT2D eigenvalue weighted by Crippen LogP contribution is -2.13. The number of sulfonamides is 1. The number of anilines is 2. The van der Waals surface area contributed by atoms with E-state index in [0.29, 0.717) is 15.9 Å². The number of aromatic nitrogens is 1. The van der Waals surface area contributed by atoms with Crippen molar-refractivity contribution in [1.82, 2.24) is 4.98 Å². The molecule has 1 heterocycles. The van der Waals surface area contributed by atoms with Gasteiger partial charge >= 0.3 is 0 Å². The zero-order valence-electron chi connectivity index (χ0n) is 10.8. The van der Waals surface area contributed by atoms with Crippen LogP contribution in [0.3, 0.4) is 0 Å². The van der Waals surface area contributed by atoms with Crippen LogP contribution in [0.5, 0.6) is 5.75 Å². The van der Waals surface area contributed by atoms with E-state index < -0.39 is 10.0 Å². The summed E-state index contributed by atoms with van der Waals surface area (Å²) in [5.41, 5.74) is 5.83. The molecule has 0 aliphatic carbocycles. The molecule has 0 bridgehead atoms. The van der Waals surface area contributed by atoms with Gasteiger partial charge < -0.3 is 10.5 Å². The second-order valence-corrected chi connectivity index (χ2v) is 6.94.